The molecule has 0 saturated heterocycles. The first-order valence-corrected chi connectivity index (χ1v) is 15.0. The lowest BCUT2D eigenvalue weighted by atomic mass is 9.99. The molecule has 0 fully saturated rings. The van der Waals surface area contributed by atoms with E-state index in [1.807, 2.05) is 60.7 Å². The smallest absolute Gasteiger partial charge is 0.227 e. The van der Waals surface area contributed by atoms with Gasteiger partial charge in [0.25, 0.3) is 0 Å². The average molecular weight is 579 g/mol. The number of fused-ring (bicyclic) bond motifs is 6. The van der Waals surface area contributed by atoms with Crippen LogP contribution in [0.2, 0.25) is 0 Å². The Balaban J connectivity index is 1.14. The highest BCUT2D eigenvalue weighted by atomic mass is 16.3. The summed E-state index contributed by atoms with van der Waals surface area (Å²) in [7, 11) is 0. The van der Waals surface area contributed by atoms with Gasteiger partial charge in [0.05, 0.1) is 0 Å². The zero-order valence-electron chi connectivity index (χ0n) is 24.2. The summed E-state index contributed by atoms with van der Waals surface area (Å²) in [6, 6.07) is 54.5. The molecule has 0 radical (unpaired) electrons. The van der Waals surface area contributed by atoms with Gasteiger partial charge < -0.3 is 13.7 Å². The molecular weight excluding hydrogens is 552 g/mol. The molecule has 0 amide bonds. The van der Waals surface area contributed by atoms with E-state index in [2.05, 4.69) is 102 Å². The van der Waals surface area contributed by atoms with E-state index in [1.165, 1.54) is 0 Å². The fourth-order valence-corrected chi connectivity index (χ4v) is 6.37. The Kier molecular flexibility index (Phi) is 5.78. The topological polar surface area (TPSA) is 42.4 Å². The van der Waals surface area contributed by atoms with Gasteiger partial charge in [0, 0.05) is 38.8 Å². The first kappa shape index (κ1) is 25.4. The zero-order chi connectivity index (χ0) is 29.7. The minimum absolute atomic E-state index is 0.632. The highest BCUT2D eigenvalue weighted by Crippen LogP contribution is 2.40. The second kappa shape index (κ2) is 10.2. The molecule has 0 N–H and O–H groups in total. The summed E-state index contributed by atoms with van der Waals surface area (Å²) in [6.45, 7) is 0. The summed E-state index contributed by atoms with van der Waals surface area (Å²) < 4.78 is 12.5. The zero-order valence-corrected chi connectivity index (χ0v) is 24.2. The van der Waals surface area contributed by atoms with Crippen molar-refractivity contribution in [3.05, 3.63) is 158 Å². The van der Waals surface area contributed by atoms with Crippen molar-refractivity contribution in [2.75, 3.05) is 4.90 Å². The molecule has 0 aliphatic carbocycles. The fourth-order valence-electron chi connectivity index (χ4n) is 6.37. The van der Waals surface area contributed by atoms with Crippen molar-refractivity contribution < 1.29 is 8.83 Å². The van der Waals surface area contributed by atoms with Crippen molar-refractivity contribution in [2.24, 2.45) is 0 Å². The van der Waals surface area contributed by atoms with Crippen LogP contribution in [0.15, 0.2) is 167 Å². The third-order valence-electron chi connectivity index (χ3n) is 8.49. The van der Waals surface area contributed by atoms with Gasteiger partial charge in [-0.2, -0.15) is 0 Å². The third kappa shape index (κ3) is 4.27. The lowest BCUT2D eigenvalue weighted by Crippen LogP contribution is -2.09. The summed E-state index contributed by atoms with van der Waals surface area (Å²) >= 11 is 0. The number of hydrogen-bond donors (Lipinski definition) is 0. The molecule has 0 saturated carbocycles. The van der Waals surface area contributed by atoms with Crippen molar-refractivity contribution in [1.29, 1.82) is 0 Å². The van der Waals surface area contributed by atoms with Crippen LogP contribution < -0.4 is 4.90 Å². The number of anilines is 3. The summed E-state index contributed by atoms with van der Waals surface area (Å²) in [6.07, 6.45) is 0. The van der Waals surface area contributed by atoms with E-state index < -0.39 is 0 Å². The van der Waals surface area contributed by atoms with Crippen molar-refractivity contribution >= 4 is 60.9 Å². The number of rotatable bonds is 5. The van der Waals surface area contributed by atoms with E-state index >= 15 is 0 Å². The molecular formula is C41H26N2O2. The van der Waals surface area contributed by atoms with Gasteiger partial charge in [0.15, 0.2) is 5.58 Å². The van der Waals surface area contributed by atoms with Crippen LogP contribution >= 0.6 is 0 Å². The Hall–Kier alpha value is -6.13. The van der Waals surface area contributed by atoms with Crippen LogP contribution in [0.25, 0.3) is 66.4 Å². The lowest BCUT2D eigenvalue weighted by Gasteiger charge is -2.26. The van der Waals surface area contributed by atoms with Crippen LogP contribution in [0.5, 0.6) is 0 Å². The van der Waals surface area contributed by atoms with E-state index in [-0.39, 0.29) is 0 Å². The minimum atomic E-state index is 0.632. The Morgan fingerprint density at radius 3 is 2.02 bits per heavy atom. The molecule has 4 nitrogen and oxygen atoms in total. The number of benzene rings is 7. The third-order valence-corrected chi connectivity index (χ3v) is 8.49. The predicted molar refractivity (Wildman–Crippen MR) is 184 cm³/mol. The number of oxazole rings is 1. The van der Waals surface area contributed by atoms with Crippen LogP contribution in [0.3, 0.4) is 0 Å². The van der Waals surface area contributed by atoms with Crippen LogP contribution in [-0.2, 0) is 0 Å². The van der Waals surface area contributed by atoms with E-state index in [4.69, 9.17) is 13.8 Å². The van der Waals surface area contributed by atoms with Gasteiger partial charge in [-0.15, -0.1) is 0 Å². The average Bonchev–Trinajstić information content (AvgIpc) is 3.72. The van der Waals surface area contributed by atoms with Crippen LogP contribution in [-0.4, -0.2) is 4.98 Å². The van der Waals surface area contributed by atoms with Gasteiger partial charge in [-0.25, -0.2) is 4.98 Å². The molecule has 212 valence electrons. The van der Waals surface area contributed by atoms with Gasteiger partial charge in [0.2, 0.25) is 5.89 Å². The summed E-state index contributed by atoms with van der Waals surface area (Å²) in [5, 5.41) is 4.40. The highest BCUT2D eigenvalue weighted by molar-refractivity contribution is 6.12. The number of furan rings is 1. The van der Waals surface area contributed by atoms with Gasteiger partial charge >= 0.3 is 0 Å². The molecule has 0 unspecified atom stereocenters. The molecule has 0 atom stereocenters. The molecule has 2 aromatic heterocycles. The van der Waals surface area contributed by atoms with E-state index in [0.29, 0.717) is 5.89 Å². The number of nitrogens with zero attached hydrogens (tertiary/aromatic N) is 2. The van der Waals surface area contributed by atoms with Crippen molar-refractivity contribution in [3.63, 3.8) is 0 Å². The van der Waals surface area contributed by atoms with Crippen LogP contribution in [0.4, 0.5) is 17.1 Å². The maximum atomic E-state index is 6.31. The quantitative estimate of drug-likeness (QED) is 0.204. The van der Waals surface area contributed by atoms with Crippen LogP contribution in [0, 0.1) is 0 Å². The van der Waals surface area contributed by atoms with Gasteiger partial charge in [-0.05, 0) is 89.3 Å². The number of aromatic nitrogens is 1. The first-order valence-electron chi connectivity index (χ1n) is 15.0. The molecule has 0 spiro atoms. The maximum Gasteiger partial charge on any atom is 0.227 e. The van der Waals surface area contributed by atoms with Crippen molar-refractivity contribution in [1.82, 2.24) is 4.98 Å². The molecule has 2 heterocycles. The van der Waals surface area contributed by atoms with Gasteiger partial charge in [-0.1, -0.05) is 84.9 Å². The minimum Gasteiger partial charge on any atom is -0.456 e. The monoisotopic (exact) mass is 578 g/mol. The molecule has 45 heavy (non-hydrogen) atoms. The molecule has 9 rings (SSSR count). The standard InChI is InChI=1S/C41H26N2O2/c1-3-10-28(11-4-1)41-42-36-25-20-29-26-32(23-24-34(29)40(36)45-41)43(30-12-5-2-6-13-30)31-21-18-27(19-22-31)33-15-9-17-38-39(33)35-14-7-8-16-37(35)44-38/h1-26H. The second-order valence-corrected chi connectivity index (χ2v) is 11.2. The Labute approximate surface area is 259 Å². The van der Waals surface area contributed by atoms with E-state index in [1.54, 1.807) is 0 Å². The summed E-state index contributed by atoms with van der Waals surface area (Å²) in [4.78, 5) is 7.06. The second-order valence-electron chi connectivity index (χ2n) is 11.2. The predicted octanol–water partition coefficient (Wildman–Crippen LogP) is 11.7. The molecule has 7 aromatic carbocycles. The molecule has 0 bridgehead atoms. The Bertz CT molecular complexity index is 2480. The van der Waals surface area contributed by atoms with Crippen molar-refractivity contribution in [2.45, 2.75) is 0 Å². The maximum absolute atomic E-state index is 6.31. The fraction of sp³-hybridized carbons (Fsp3) is 0. The molecule has 0 aliphatic rings. The SMILES string of the molecule is c1ccc(-c2nc3ccc4cc(N(c5ccccc5)c5ccc(-c6cccc7oc8ccccc8c67)cc5)ccc4c3o2)cc1. The Morgan fingerprint density at radius 1 is 0.467 bits per heavy atom. The summed E-state index contributed by atoms with van der Waals surface area (Å²) in [5.41, 5.74) is 9.94. The van der Waals surface area contributed by atoms with Crippen molar-refractivity contribution in [3.8, 4) is 22.6 Å². The van der Waals surface area contributed by atoms with Crippen LogP contribution in [0.1, 0.15) is 0 Å². The lowest BCUT2D eigenvalue weighted by molar-refractivity contribution is 0.623. The number of para-hydroxylation sites is 2. The van der Waals surface area contributed by atoms with Gasteiger partial charge in [-0.3, -0.25) is 0 Å². The van der Waals surface area contributed by atoms with E-state index in [9.17, 15) is 0 Å². The molecule has 9 aromatic rings. The van der Waals surface area contributed by atoms with Gasteiger partial charge in [0.1, 0.15) is 16.7 Å². The number of hydrogen-bond acceptors (Lipinski definition) is 4. The molecule has 4 heteroatoms. The first-order chi connectivity index (χ1) is 22.3. The summed E-state index contributed by atoms with van der Waals surface area (Å²) in [5.74, 6) is 0.632. The normalized spacial score (nSPS) is 11.6. The molecule has 0 aliphatic heterocycles. The highest BCUT2D eigenvalue weighted by Gasteiger charge is 2.17. The largest absolute Gasteiger partial charge is 0.456 e. The Morgan fingerprint density at radius 2 is 1.18 bits per heavy atom. The van der Waals surface area contributed by atoms with E-state index in [0.717, 1.165) is 77.6 Å².